The van der Waals surface area contributed by atoms with Gasteiger partial charge in [0.1, 0.15) is 18.1 Å². The molecule has 8 nitrogen and oxygen atoms in total. The lowest BCUT2D eigenvalue weighted by molar-refractivity contribution is -0.117. The number of benzene rings is 1. The molecule has 1 saturated heterocycles. The Hall–Kier alpha value is -2.87. The average Bonchev–Trinajstić information content (AvgIpc) is 2.88. The van der Waals surface area contributed by atoms with Gasteiger partial charge in [-0.15, -0.1) is 0 Å². The van der Waals surface area contributed by atoms with Gasteiger partial charge < -0.3 is 24.3 Å². The number of ether oxygens (including phenoxy) is 2. The van der Waals surface area contributed by atoms with E-state index in [-0.39, 0.29) is 24.0 Å². The monoisotopic (exact) mass is 458 g/mol. The lowest BCUT2D eigenvalue weighted by atomic mass is 10.00. The Bertz CT molecular complexity index is 899. The van der Waals surface area contributed by atoms with Gasteiger partial charge in [0, 0.05) is 19.0 Å². The van der Waals surface area contributed by atoms with E-state index in [0.29, 0.717) is 37.3 Å². The number of carbonyl (C=O) groups excluding carboxylic acids is 3. The van der Waals surface area contributed by atoms with E-state index in [1.165, 1.54) is 11.0 Å². The third-order valence-electron chi connectivity index (χ3n) is 6.15. The summed E-state index contributed by atoms with van der Waals surface area (Å²) >= 11 is 0. The van der Waals surface area contributed by atoms with Gasteiger partial charge in [0.15, 0.2) is 6.23 Å². The minimum absolute atomic E-state index is 0.00477. The number of rotatable bonds is 9. The quantitative estimate of drug-likeness (QED) is 0.444. The van der Waals surface area contributed by atoms with Crippen LogP contribution >= 0.6 is 0 Å². The van der Waals surface area contributed by atoms with E-state index in [0.717, 1.165) is 37.7 Å². The van der Waals surface area contributed by atoms with Gasteiger partial charge in [-0.25, -0.2) is 9.69 Å². The van der Waals surface area contributed by atoms with Crippen molar-refractivity contribution in [3.05, 3.63) is 35.9 Å². The molecule has 2 heterocycles. The van der Waals surface area contributed by atoms with Gasteiger partial charge in [0.2, 0.25) is 0 Å². The van der Waals surface area contributed by atoms with Crippen molar-refractivity contribution in [2.75, 3.05) is 24.7 Å². The molecule has 8 heteroatoms. The first-order valence-electron chi connectivity index (χ1n) is 11.7. The smallest absolute Gasteiger partial charge is 0.416 e. The maximum Gasteiger partial charge on any atom is 0.416 e. The van der Waals surface area contributed by atoms with Crippen LogP contribution in [-0.4, -0.2) is 59.8 Å². The molecule has 0 bridgehead atoms. The molecule has 2 amide bonds. The number of unbranched alkanes of at least 4 members (excludes halogenated alkanes) is 2. The highest BCUT2D eigenvalue weighted by atomic mass is 16.6. The predicted octanol–water partition coefficient (Wildman–Crippen LogP) is 3.98. The topological polar surface area (TPSA) is 96.4 Å². The van der Waals surface area contributed by atoms with Gasteiger partial charge in [-0.3, -0.25) is 4.79 Å². The zero-order valence-electron chi connectivity index (χ0n) is 19.5. The molecule has 2 aliphatic heterocycles. The lowest BCUT2D eigenvalue weighted by Crippen LogP contribution is -2.55. The Kier molecular flexibility index (Phi) is 8.49. The molecule has 1 N–H and O–H groups in total. The number of hydrogen-bond donors (Lipinski definition) is 1. The summed E-state index contributed by atoms with van der Waals surface area (Å²) in [5.74, 6) is 0.522. The molecule has 180 valence electrons. The number of carbonyl (C=O) groups is 3. The van der Waals surface area contributed by atoms with E-state index in [2.05, 4.69) is 6.58 Å². The van der Waals surface area contributed by atoms with Crippen molar-refractivity contribution in [1.82, 2.24) is 4.90 Å². The van der Waals surface area contributed by atoms with Crippen LogP contribution in [0.4, 0.5) is 10.5 Å². The first-order valence-corrected chi connectivity index (χ1v) is 11.7. The standard InChI is InChI=1S/C25H34N2O6/c1-4-13-33-25(31)27-21-16-22(32-14-9-5-6-10-18(3)28)17(2)15-19(21)23(29)26-12-8-7-11-20(26)24(27)30/h4,15-16,20,24,30H,1,5-14H2,2-3H3/t20-,24-/m0/s1. The molecule has 33 heavy (non-hydrogen) atoms. The van der Waals surface area contributed by atoms with Crippen LogP contribution in [0, 0.1) is 6.92 Å². The van der Waals surface area contributed by atoms with Crippen LogP contribution < -0.4 is 9.64 Å². The zero-order chi connectivity index (χ0) is 24.0. The molecule has 2 atom stereocenters. The van der Waals surface area contributed by atoms with E-state index in [4.69, 9.17) is 9.47 Å². The highest BCUT2D eigenvalue weighted by Crippen LogP contribution is 2.38. The maximum atomic E-state index is 13.4. The Labute approximate surface area is 195 Å². The highest BCUT2D eigenvalue weighted by Gasteiger charge is 2.43. The molecule has 0 aliphatic carbocycles. The second-order valence-electron chi connectivity index (χ2n) is 8.71. The van der Waals surface area contributed by atoms with Gasteiger partial charge in [0.05, 0.1) is 23.9 Å². The molecular weight excluding hydrogens is 424 g/mol. The number of Topliss-reactive ketones (excluding diaryl/α,β-unsaturated/α-hetero) is 1. The summed E-state index contributed by atoms with van der Waals surface area (Å²) in [6.07, 6.45) is 4.87. The van der Waals surface area contributed by atoms with Crippen molar-refractivity contribution in [3.8, 4) is 5.75 Å². The van der Waals surface area contributed by atoms with Crippen LogP contribution in [0.1, 0.15) is 67.8 Å². The number of aliphatic hydroxyl groups excluding tert-OH is 1. The number of hydrogen-bond acceptors (Lipinski definition) is 6. The number of amides is 2. The second-order valence-corrected chi connectivity index (χ2v) is 8.71. The average molecular weight is 459 g/mol. The fourth-order valence-corrected chi connectivity index (χ4v) is 4.43. The molecule has 0 aromatic heterocycles. The fraction of sp³-hybridized carbons (Fsp3) is 0.560. The Morgan fingerprint density at radius 1 is 1.24 bits per heavy atom. The van der Waals surface area contributed by atoms with E-state index >= 15 is 0 Å². The Balaban J connectivity index is 1.89. The van der Waals surface area contributed by atoms with E-state index in [9.17, 15) is 19.5 Å². The molecule has 0 radical (unpaired) electrons. The van der Waals surface area contributed by atoms with Crippen LogP contribution in [-0.2, 0) is 9.53 Å². The minimum Gasteiger partial charge on any atom is -0.493 e. The SMILES string of the molecule is C=CCOC(=O)N1c2cc(OCCCCCC(C)=O)c(C)cc2C(=O)N2CCCC[C@H]2[C@@H]1O. The first-order chi connectivity index (χ1) is 15.8. The normalized spacial score (nSPS) is 19.9. The van der Waals surface area contributed by atoms with Crippen molar-refractivity contribution in [2.24, 2.45) is 0 Å². The molecule has 0 saturated carbocycles. The van der Waals surface area contributed by atoms with Gasteiger partial charge in [-0.2, -0.15) is 0 Å². The molecule has 3 rings (SSSR count). The van der Waals surface area contributed by atoms with E-state index < -0.39 is 18.4 Å². The second kappa shape index (κ2) is 11.3. The molecule has 2 aliphatic rings. The summed E-state index contributed by atoms with van der Waals surface area (Å²) in [6.45, 7) is 7.99. The van der Waals surface area contributed by atoms with Crippen LogP contribution in [0.2, 0.25) is 0 Å². The molecule has 0 spiro atoms. The number of fused-ring (bicyclic) bond motifs is 2. The number of aryl methyl sites for hydroxylation is 1. The number of anilines is 1. The van der Waals surface area contributed by atoms with Crippen molar-refractivity contribution < 1.29 is 29.0 Å². The Morgan fingerprint density at radius 2 is 2.03 bits per heavy atom. The van der Waals surface area contributed by atoms with Crippen molar-refractivity contribution in [2.45, 2.75) is 71.1 Å². The summed E-state index contributed by atoms with van der Waals surface area (Å²) in [5, 5.41) is 11.2. The summed E-state index contributed by atoms with van der Waals surface area (Å²) in [6, 6.07) is 2.87. The van der Waals surface area contributed by atoms with Crippen LogP contribution in [0.15, 0.2) is 24.8 Å². The predicted molar refractivity (Wildman–Crippen MR) is 125 cm³/mol. The summed E-state index contributed by atoms with van der Waals surface area (Å²) in [7, 11) is 0. The number of aliphatic hydroxyl groups is 1. The van der Waals surface area contributed by atoms with Gasteiger partial charge in [0.25, 0.3) is 5.91 Å². The molecule has 1 aromatic rings. The third kappa shape index (κ3) is 5.74. The zero-order valence-corrected chi connectivity index (χ0v) is 19.5. The van der Waals surface area contributed by atoms with E-state index in [1.54, 1.807) is 24.0 Å². The van der Waals surface area contributed by atoms with Gasteiger partial charge >= 0.3 is 6.09 Å². The van der Waals surface area contributed by atoms with Crippen molar-refractivity contribution >= 4 is 23.5 Å². The number of ketones is 1. The molecule has 1 aromatic carbocycles. The third-order valence-corrected chi connectivity index (χ3v) is 6.15. The van der Waals surface area contributed by atoms with Crippen molar-refractivity contribution in [1.29, 1.82) is 0 Å². The van der Waals surface area contributed by atoms with Crippen molar-refractivity contribution in [3.63, 3.8) is 0 Å². The van der Waals surface area contributed by atoms with Crippen LogP contribution in [0.25, 0.3) is 0 Å². The van der Waals surface area contributed by atoms with Crippen LogP contribution in [0.3, 0.4) is 0 Å². The number of piperidine rings is 1. The van der Waals surface area contributed by atoms with E-state index in [1.807, 2.05) is 6.92 Å². The van der Waals surface area contributed by atoms with Crippen LogP contribution in [0.5, 0.6) is 5.75 Å². The summed E-state index contributed by atoms with van der Waals surface area (Å²) < 4.78 is 11.2. The molecule has 1 fully saturated rings. The lowest BCUT2D eigenvalue weighted by Gasteiger charge is -2.38. The molecule has 0 unspecified atom stereocenters. The molecular formula is C25H34N2O6. The fourth-order valence-electron chi connectivity index (χ4n) is 4.43. The first kappa shape index (κ1) is 24.8. The minimum atomic E-state index is -1.23. The largest absolute Gasteiger partial charge is 0.493 e. The maximum absolute atomic E-state index is 13.4. The van der Waals surface area contributed by atoms with Gasteiger partial charge in [-0.1, -0.05) is 12.7 Å². The summed E-state index contributed by atoms with van der Waals surface area (Å²) in [5.41, 5.74) is 1.41. The number of nitrogens with zero attached hydrogens (tertiary/aromatic N) is 2. The highest BCUT2D eigenvalue weighted by molar-refractivity contribution is 6.05. The summed E-state index contributed by atoms with van der Waals surface area (Å²) in [4.78, 5) is 40.3. The van der Waals surface area contributed by atoms with Gasteiger partial charge in [-0.05, 0) is 64.0 Å². The Morgan fingerprint density at radius 3 is 2.76 bits per heavy atom.